The molecule has 5 rings (SSSR count). The minimum Gasteiger partial charge on any atom is -0.445 e. The Kier molecular flexibility index (Phi) is 23.8. The molecule has 0 radical (unpaired) electrons. The summed E-state index contributed by atoms with van der Waals surface area (Å²) in [6.45, 7) is 20.3. The summed E-state index contributed by atoms with van der Waals surface area (Å²) in [5.41, 5.74) is 0.550. The van der Waals surface area contributed by atoms with Gasteiger partial charge in [0.15, 0.2) is 0 Å². The van der Waals surface area contributed by atoms with Crippen LogP contribution in [0.3, 0.4) is 0 Å². The van der Waals surface area contributed by atoms with Crippen molar-refractivity contribution in [1.29, 1.82) is 0 Å². The Hall–Kier alpha value is -7.18. The molecule has 2 fully saturated rings. The number of unbranched alkanes of at least 4 members (excludes halogenated alkanes) is 1. The molecule has 2 aliphatic rings. The van der Waals surface area contributed by atoms with Crippen molar-refractivity contribution in [2.24, 2.45) is 17.3 Å². The van der Waals surface area contributed by atoms with E-state index in [1.54, 1.807) is 51.3 Å². The van der Waals surface area contributed by atoms with Gasteiger partial charge >= 0.3 is 18.3 Å². The molecule has 0 aromatic heterocycles. The molecule has 1 spiro atoms. The van der Waals surface area contributed by atoms with Crippen molar-refractivity contribution in [2.75, 3.05) is 32.7 Å². The van der Waals surface area contributed by atoms with Crippen LogP contribution in [0.15, 0.2) is 91.0 Å². The average Bonchev–Trinajstić information content (AvgIpc) is 3.38. The van der Waals surface area contributed by atoms with Gasteiger partial charge in [-0.05, 0) is 115 Å². The van der Waals surface area contributed by atoms with Crippen LogP contribution in [0.2, 0.25) is 0 Å². The summed E-state index contributed by atoms with van der Waals surface area (Å²) >= 11 is 0. The summed E-state index contributed by atoms with van der Waals surface area (Å²) in [5.74, 6) is -2.29. The number of hydrogen-bond acceptors (Lipinski definition) is 11. The topological polar surface area (TPSA) is 243 Å². The highest BCUT2D eigenvalue weighted by molar-refractivity contribution is 5.95. The van der Waals surface area contributed by atoms with Gasteiger partial charge in [-0.15, -0.1) is 0 Å². The number of carbonyl (C=O) groups is 8. The van der Waals surface area contributed by atoms with Crippen LogP contribution in [0.1, 0.15) is 131 Å². The third-order valence-corrected chi connectivity index (χ3v) is 13.8. The van der Waals surface area contributed by atoms with Gasteiger partial charge in [-0.3, -0.25) is 24.0 Å². The molecule has 80 heavy (non-hydrogen) atoms. The molecule has 0 saturated carbocycles. The normalized spacial score (nSPS) is 15.9. The van der Waals surface area contributed by atoms with E-state index in [-0.39, 0.29) is 67.9 Å². The van der Waals surface area contributed by atoms with Gasteiger partial charge in [-0.25, -0.2) is 14.4 Å². The van der Waals surface area contributed by atoms with E-state index in [1.807, 2.05) is 119 Å². The number of amides is 8. The van der Waals surface area contributed by atoms with E-state index < -0.39 is 77.4 Å². The van der Waals surface area contributed by atoms with E-state index >= 15 is 0 Å². The van der Waals surface area contributed by atoms with Crippen molar-refractivity contribution < 1.29 is 52.6 Å². The number of likely N-dealkylation sites (tertiary alicyclic amines) is 2. The first-order chi connectivity index (χ1) is 37.8. The second-order valence-electron chi connectivity index (χ2n) is 24.2. The quantitative estimate of drug-likeness (QED) is 0.0362. The molecule has 6 N–H and O–H groups in total. The van der Waals surface area contributed by atoms with Crippen molar-refractivity contribution in [2.45, 2.75) is 175 Å². The van der Waals surface area contributed by atoms with Crippen LogP contribution in [-0.4, -0.2) is 132 Å². The fourth-order valence-corrected chi connectivity index (χ4v) is 9.80. The Bertz CT molecular complexity index is 2500. The maximum Gasteiger partial charge on any atom is 0.408 e. The zero-order valence-electron chi connectivity index (χ0n) is 48.7. The zero-order chi connectivity index (χ0) is 58.6. The van der Waals surface area contributed by atoms with Crippen molar-refractivity contribution in [3.8, 4) is 0 Å². The lowest BCUT2D eigenvalue weighted by molar-refractivity contribution is -0.153. The highest BCUT2D eigenvalue weighted by Crippen LogP contribution is 2.41. The van der Waals surface area contributed by atoms with Crippen molar-refractivity contribution in [3.05, 3.63) is 108 Å². The maximum absolute atomic E-state index is 14.6. The SMILES string of the molecule is CC(C)C[C@@H](NC(=O)[C@@H](Cc1ccccc1)NC(=O)[C@@H](Cc1ccccc1)NC(=O)OC(C)(C)C)C(=O)N[C@H](CCCCNC(=O)OC(C)(C)C)C(=O)N1CC2(CCN(C(=O)[C@@H](CC(C)C)NC(=O)OCc3ccccc3)CC2)C1. The van der Waals surface area contributed by atoms with Gasteiger partial charge in [-0.2, -0.15) is 0 Å². The average molecular weight is 1110 g/mol. The van der Waals surface area contributed by atoms with E-state index in [4.69, 9.17) is 14.2 Å². The molecule has 2 aliphatic heterocycles. The molecular weight excluding hydrogens is 1020 g/mol. The number of nitrogens with zero attached hydrogens (tertiary/aromatic N) is 2. The predicted molar refractivity (Wildman–Crippen MR) is 305 cm³/mol. The minimum absolute atomic E-state index is 0.0548. The van der Waals surface area contributed by atoms with Gasteiger partial charge in [0.2, 0.25) is 29.5 Å². The number of ether oxygens (including phenoxy) is 3. The van der Waals surface area contributed by atoms with E-state index in [9.17, 15) is 38.4 Å². The molecule has 19 heteroatoms. The van der Waals surface area contributed by atoms with Gasteiger partial charge in [0.25, 0.3) is 0 Å². The van der Waals surface area contributed by atoms with Crippen LogP contribution in [0.4, 0.5) is 14.4 Å². The van der Waals surface area contributed by atoms with Crippen LogP contribution < -0.4 is 31.9 Å². The second kappa shape index (κ2) is 29.9. The summed E-state index contributed by atoms with van der Waals surface area (Å²) in [5, 5.41) is 17.0. The van der Waals surface area contributed by atoms with Crippen LogP contribution in [0.5, 0.6) is 0 Å². The molecular formula is C61H88N8O11. The maximum atomic E-state index is 14.6. The summed E-state index contributed by atoms with van der Waals surface area (Å²) < 4.78 is 16.3. The van der Waals surface area contributed by atoms with Crippen LogP contribution in [0, 0.1) is 17.3 Å². The summed E-state index contributed by atoms with van der Waals surface area (Å²) in [6, 6.07) is 22.3. The number of benzene rings is 3. The second-order valence-corrected chi connectivity index (χ2v) is 24.2. The van der Waals surface area contributed by atoms with E-state index in [1.165, 1.54) is 0 Å². The molecule has 5 atom stereocenters. The third-order valence-electron chi connectivity index (χ3n) is 13.8. The van der Waals surface area contributed by atoms with Gasteiger partial charge in [0.1, 0.15) is 48.0 Å². The van der Waals surface area contributed by atoms with Crippen molar-refractivity contribution >= 4 is 47.8 Å². The molecule has 2 saturated heterocycles. The first-order valence-electron chi connectivity index (χ1n) is 28.3. The number of alkyl carbamates (subject to hydrolysis) is 3. The molecule has 3 aromatic rings. The van der Waals surface area contributed by atoms with Gasteiger partial charge in [0.05, 0.1) is 0 Å². The molecule has 0 unspecified atom stereocenters. The molecule has 0 aliphatic carbocycles. The largest absolute Gasteiger partial charge is 0.445 e. The highest BCUT2D eigenvalue weighted by Gasteiger charge is 2.49. The smallest absolute Gasteiger partial charge is 0.408 e. The number of nitrogens with one attached hydrogen (secondary N) is 6. The first kappa shape index (κ1) is 63.6. The van der Waals surface area contributed by atoms with Crippen LogP contribution in [0.25, 0.3) is 0 Å². The summed E-state index contributed by atoms with van der Waals surface area (Å²) in [6.07, 6.45) is 1.18. The fourth-order valence-electron chi connectivity index (χ4n) is 9.80. The molecule has 2 heterocycles. The zero-order valence-corrected chi connectivity index (χ0v) is 48.7. The Morgan fingerprint density at radius 1 is 0.500 bits per heavy atom. The highest BCUT2D eigenvalue weighted by atomic mass is 16.6. The number of piperidine rings is 1. The number of hydrogen-bond donors (Lipinski definition) is 6. The van der Waals surface area contributed by atoms with Crippen LogP contribution >= 0.6 is 0 Å². The Labute approximate surface area is 473 Å². The summed E-state index contributed by atoms with van der Waals surface area (Å²) in [7, 11) is 0. The molecule has 8 amide bonds. The third kappa shape index (κ3) is 21.8. The molecule has 19 nitrogen and oxygen atoms in total. The van der Waals surface area contributed by atoms with Gasteiger partial charge in [-0.1, -0.05) is 119 Å². The predicted octanol–water partition coefficient (Wildman–Crippen LogP) is 7.35. The van der Waals surface area contributed by atoms with E-state index in [0.717, 1.165) is 16.7 Å². The Morgan fingerprint density at radius 3 is 1.44 bits per heavy atom. The molecule has 3 aromatic carbocycles. The van der Waals surface area contributed by atoms with Crippen molar-refractivity contribution in [3.63, 3.8) is 0 Å². The Balaban J connectivity index is 1.29. The van der Waals surface area contributed by atoms with Gasteiger partial charge < -0.3 is 55.9 Å². The molecule has 438 valence electrons. The lowest BCUT2D eigenvalue weighted by atomic mass is 9.71. The number of rotatable bonds is 25. The lowest BCUT2D eigenvalue weighted by Crippen LogP contribution is -2.66. The Morgan fingerprint density at radius 2 is 0.925 bits per heavy atom. The standard InChI is InChI=1S/C61H88N8O11/c1-41(2)34-47(64-52(71)48(36-43-22-14-11-15-23-43)65-53(72)49(37-44-24-16-12-17-25-44)66-58(77)80-60(8,9)10)51(70)63-46(28-20-21-31-62-56(75)79-59(5,6)7)54(73)69-39-61(40-69)29-32-68(33-30-61)55(74)50(35-42(3)4)67-57(76)78-38-45-26-18-13-19-27-45/h11-19,22-27,41-42,46-50H,20-21,28-40H2,1-10H3,(H,62,75)(H,63,70)(H,64,71)(H,65,72)(H,66,77)(H,67,76)/t46-,47-,48-,49-,50-/m1/s1. The monoisotopic (exact) mass is 1110 g/mol. The van der Waals surface area contributed by atoms with Crippen molar-refractivity contribution in [1.82, 2.24) is 41.7 Å². The van der Waals surface area contributed by atoms with E-state index in [0.29, 0.717) is 58.3 Å². The summed E-state index contributed by atoms with van der Waals surface area (Å²) in [4.78, 5) is 114. The lowest BCUT2D eigenvalue weighted by Gasteiger charge is -2.54. The minimum atomic E-state index is -1.20. The fraction of sp³-hybridized carbons (Fsp3) is 0.574. The van der Waals surface area contributed by atoms with E-state index in [2.05, 4.69) is 31.9 Å². The molecule has 0 bridgehead atoms. The first-order valence-corrected chi connectivity index (χ1v) is 28.3. The van der Waals surface area contributed by atoms with Gasteiger partial charge in [0, 0.05) is 51.0 Å². The number of carbonyl (C=O) groups excluding carboxylic acids is 8. The van der Waals surface area contributed by atoms with Crippen LogP contribution in [-0.2, 0) is 57.6 Å².